The van der Waals surface area contributed by atoms with Crippen LogP contribution in [0.25, 0.3) is 0 Å². The van der Waals surface area contributed by atoms with E-state index in [1.165, 1.54) is 71.0 Å². The fourth-order valence-corrected chi connectivity index (χ4v) is 4.09. The number of piperazine rings is 1. The molecule has 1 saturated heterocycles. The van der Waals surface area contributed by atoms with Crippen LogP contribution in [0.5, 0.6) is 0 Å². The van der Waals surface area contributed by atoms with Crippen LogP contribution in [0.1, 0.15) is 79.1 Å². The zero-order valence-electron chi connectivity index (χ0n) is 14.3. The van der Waals surface area contributed by atoms with Crippen LogP contribution < -0.4 is 5.32 Å². The minimum Gasteiger partial charge on any atom is -0.308 e. The summed E-state index contributed by atoms with van der Waals surface area (Å²) in [6.07, 6.45) is 11.0. The molecule has 0 aromatic rings. The van der Waals surface area contributed by atoms with E-state index in [1.54, 1.807) is 0 Å². The smallest absolute Gasteiger partial charge is 0.0329 e. The van der Waals surface area contributed by atoms with Gasteiger partial charge in [0.05, 0.1) is 0 Å². The molecule has 1 atom stereocenters. The predicted octanol–water partition coefficient (Wildman–Crippen LogP) is 4.20. The number of unbranched alkanes of at least 4 members (excludes halogenated alkanes) is 3. The maximum Gasteiger partial charge on any atom is 0.0329 e. The second kappa shape index (κ2) is 6.79. The number of hydrogen-bond acceptors (Lipinski definition) is 2. The zero-order valence-corrected chi connectivity index (χ0v) is 14.3. The first-order valence-electron chi connectivity index (χ1n) is 9.10. The lowest BCUT2D eigenvalue weighted by atomic mass is 9.81. The first-order chi connectivity index (χ1) is 9.60. The molecule has 1 aliphatic heterocycles. The summed E-state index contributed by atoms with van der Waals surface area (Å²) in [5, 5.41) is 3.94. The maximum atomic E-state index is 3.94. The van der Waals surface area contributed by atoms with E-state index in [-0.39, 0.29) is 0 Å². The van der Waals surface area contributed by atoms with E-state index in [1.807, 2.05) is 0 Å². The molecule has 1 N–H and O–H groups in total. The number of hydrogen-bond donors (Lipinski definition) is 1. The van der Waals surface area contributed by atoms with E-state index in [0.29, 0.717) is 11.1 Å². The van der Waals surface area contributed by atoms with E-state index in [9.17, 15) is 0 Å². The van der Waals surface area contributed by atoms with Gasteiger partial charge in [-0.05, 0) is 51.5 Å². The highest BCUT2D eigenvalue weighted by Gasteiger charge is 2.49. The van der Waals surface area contributed by atoms with Gasteiger partial charge in [0.1, 0.15) is 0 Å². The molecule has 1 saturated carbocycles. The molecule has 0 bridgehead atoms. The van der Waals surface area contributed by atoms with Gasteiger partial charge in [-0.1, -0.05) is 40.0 Å². The van der Waals surface area contributed by atoms with E-state index >= 15 is 0 Å². The molecule has 0 amide bonds. The fraction of sp³-hybridized carbons (Fsp3) is 1.00. The molecule has 2 fully saturated rings. The second-order valence-corrected chi connectivity index (χ2v) is 7.46. The van der Waals surface area contributed by atoms with Gasteiger partial charge in [0.25, 0.3) is 0 Å². The van der Waals surface area contributed by atoms with Crippen LogP contribution in [0.4, 0.5) is 0 Å². The standard InChI is InChI=1S/C18H36N2/c1-5-8-9-10-13-20-15-17(4,16-11-12-16)19-14-18(20,6-2)7-3/h16,19H,5-15H2,1-4H3. The van der Waals surface area contributed by atoms with E-state index in [2.05, 4.69) is 37.9 Å². The van der Waals surface area contributed by atoms with Crippen molar-refractivity contribution in [3.05, 3.63) is 0 Å². The quantitative estimate of drug-likeness (QED) is 0.670. The Kier molecular flexibility index (Phi) is 5.53. The molecule has 0 aromatic carbocycles. The summed E-state index contributed by atoms with van der Waals surface area (Å²) in [4.78, 5) is 2.86. The molecule has 20 heavy (non-hydrogen) atoms. The molecular weight excluding hydrogens is 244 g/mol. The second-order valence-electron chi connectivity index (χ2n) is 7.46. The lowest BCUT2D eigenvalue weighted by Crippen LogP contribution is -2.69. The average Bonchev–Trinajstić information content (AvgIpc) is 3.30. The molecule has 2 nitrogen and oxygen atoms in total. The maximum absolute atomic E-state index is 3.94. The Balaban J connectivity index is 1.98. The highest BCUT2D eigenvalue weighted by molar-refractivity contribution is 5.08. The Morgan fingerprint density at radius 3 is 2.30 bits per heavy atom. The molecule has 1 heterocycles. The number of nitrogens with zero attached hydrogens (tertiary/aromatic N) is 1. The normalized spacial score (nSPS) is 30.6. The van der Waals surface area contributed by atoms with E-state index in [4.69, 9.17) is 0 Å². The van der Waals surface area contributed by atoms with Crippen molar-refractivity contribution in [1.82, 2.24) is 10.2 Å². The van der Waals surface area contributed by atoms with Crippen LogP contribution in [-0.2, 0) is 0 Å². The first kappa shape index (κ1) is 16.3. The van der Waals surface area contributed by atoms with Crippen molar-refractivity contribution >= 4 is 0 Å². The lowest BCUT2D eigenvalue weighted by molar-refractivity contribution is -0.00444. The van der Waals surface area contributed by atoms with Crippen molar-refractivity contribution in [2.75, 3.05) is 19.6 Å². The van der Waals surface area contributed by atoms with Crippen LogP contribution in [0, 0.1) is 5.92 Å². The predicted molar refractivity (Wildman–Crippen MR) is 88.2 cm³/mol. The van der Waals surface area contributed by atoms with Crippen LogP contribution in [0.3, 0.4) is 0 Å². The summed E-state index contributed by atoms with van der Waals surface area (Å²) in [5.41, 5.74) is 0.805. The summed E-state index contributed by atoms with van der Waals surface area (Å²) in [7, 11) is 0. The Morgan fingerprint density at radius 1 is 1.05 bits per heavy atom. The molecule has 0 spiro atoms. The highest BCUT2D eigenvalue weighted by atomic mass is 15.3. The van der Waals surface area contributed by atoms with Gasteiger partial charge in [0.15, 0.2) is 0 Å². The van der Waals surface area contributed by atoms with Gasteiger partial charge in [0.2, 0.25) is 0 Å². The molecule has 2 rings (SSSR count). The van der Waals surface area contributed by atoms with Crippen molar-refractivity contribution in [2.45, 2.75) is 90.1 Å². The Morgan fingerprint density at radius 2 is 1.75 bits per heavy atom. The third-order valence-corrected chi connectivity index (χ3v) is 6.09. The molecule has 118 valence electrons. The molecule has 2 heteroatoms. The zero-order chi connectivity index (χ0) is 14.6. The summed E-state index contributed by atoms with van der Waals surface area (Å²) in [5.74, 6) is 0.937. The van der Waals surface area contributed by atoms with Crippen molar-refractivity contribution in [2.24, 2.45) is 5.92 Å². The van der Waals surface area contributed by atoms with Gasteiger partial charge in [-0.3, -0.25) is 4.90 Å². The molecule has 2 aliphatic rings. The summed E-state index contributed by atoms with van der Waals surface area (Å²) < 4.78 is 0. The average molecular weight is 280 g/mol. The SMILES string of the molecule is CCCCCCN1CC(C)(C2CC2)NCC1(CC)CC. The highest BCUT2D eigenvalue weighted by Crippen LogP contribution is 2.43. The molecule has 1 unspecified atom stereocenters. The van der Waals surface area contributed by atoms with Gasteiger partial charge in [-0.25, -0.2) is 0 Å². The van der Waals surface area contributed by atoms with Crippen LogP contribution in [-0.4, -0.2) is 35.6 Å². The van der Waals surface area contributed by atoms with E-state index in [0.717, 1.165) is 5.92 Å². The molecular formula is C18H36N2. The van der Waals surface area contributed by atoms with Gasteiger partial charge in [0, 0.05) is 24.2 Å². The number of rotatable bonds is 8. The van der Waals surface area contributed by atoms with E-state index < -0.39 is 0 Å². The topological polar surface area (TPSA) is 15.3 Å². The van der Waals surface area contributed by atoms with Gasteiger partial charge in [-0.2, -0.15) is 0 Å². The van der Waals surface area contributed by atoms with Crippen LogP contribution in [0.15, 0.2) is 0 Å². The van der Waals surface area contributed by atoms with Gasteiger partial charge in [-0.15, -0.1) is 0 Å². The molecule has 0 radical (unpaired) electrons. The minimum absolute atomic E-state index is 0.387. The fourth-order valence-electron chi connectivity index (χ4n) is 4.09. The van der Waals surface area contributed by atoms with Crippen molar-refractivity contribution < 1.29 is 0 Å². The first-order valence-corrected chi connectivity index (χ1v) is 9.10. The molecule has 0 aromatic heterocycles. The third-order valence-electron chi connectivity index (χ3n) is 6.09. The van der Waals surface area contributed by atoms with Crippen molar-refractivity contribution in [3.8, 4) is 0 Å². The third kappa shape index (κ3) is 3.39. The van der Waals surface area contributed by atoms with Crippen LogP contribution >= 0.6 is 0 Å². The van der Waals surface area contributed by atoms with Gasteiger partial charge < -0.3 is 5.32 Å². The van der Waals surface area contributed by atoms with Crippen molar-refractivity contribution in [1.29, 1.82) is 0 Å². The lowest BCUT2D eigenvalue weighted by Gasteiger charge is -2.54. The largest absolute Gasteiger partial charge is 0.308 e. The Hall–Kier alpha value is -0.0800. The summed E-state index contributed by atoms with van der Waals surface area (Å²) >= 11 is 0. The summed E-state index contributed by atoms with van der Waals surface area (Å²) in [6, 6.07) is 0. The minimum atomic E-state index is 0.387. The monoisotopic (exact) mass is 280 g/mol. The van der Waals surface area contributed by atoms with Gasteiger partial charge >= 0.3 is 0 Å². The Bertz CT molecular complexity index is 294. The van der Waals surface area contributed by atoms with Crippen LogP contribution in [0.2, 0.25) is 0 Å². The number of nitrogens with one attached hydrogen (secondary N) is 1. The van der Waals surface area contributed by atoms with Crippen molar-refractivity contribution in [3.63, 3.8) is 0 Å². The Labute approximate surface area is 126 Å². The molecule has 1 aliphatic carbocycles. The summed E-state index contributed by atoms with van der Waals surface area (Å²) in [6.45, 7) is 13.3.